The number of benzene rings is 2. The first-order valence-corrected chi connectivity index (χ1v) is 14.3. The molecule has 1 aliphatic heterocycles. The molecule has 10 heteroatoms. The van der Waals surface area contributed by atoms with Crippen LogP contribution in [0.2, 0.25) is 0 Å². The smallest absolute Gasteiger partial charge is 0.309 e. The highest BCUT2D eigenvalue weighted by Gasteiger charge is 2.29. The van der Waals surface area contributed by atoms with Crippen molar-refractivity contribution in [2.24, 2.45) is 4.99 Å². The van der Waals surface area contributed by atoms with Crippen molar-refractivity contribution < 1.29 is 22.0 Å². The fraction of sp³-hybridized carbons (Fsp3) is 0.238. The molecule has 0 saturated heterocycles. The van der Waals surface area contributed by atoms with E-state index in [4.69, 9.17) is 9.05 Å². The fourth-order valence-electron chi connectivity index (χ4n) is 3.40. The molecule has 1 heterocycles. The van der Waals surface area contributed by atoms with Crippen LogP contribution in [0.25, 0.3) is 6.08 Å². The Morgan fingerprint density at radius 3 is 2.39 bits per heavy atom. The van der Waals surface area contributed by atoms with Gasteiger partial charge in [-0.3, -0.25) is 4.57 Å². The van der Waals surface area contributed by atoms with Gasteiger partial charge >= 0.3 is 7.60 Å². The Hall–Kier alpha value is -1.87. The van der Waals surface area contributed by atoms with E-state index in [1.807, 2.05) is 30.3 Å². The number of rotatable bonds is 9. The Balaban J connectivity index is 1.49. The Kier molecular flexibility index (Phi) is 6.44. The average molecular weight is 479 g/mol. The molecule has 0 spiro atoms. The van der Waals surface area contributed by atoms with Crippen molar-refractivity contribution in [2.75, 3.05) is 13.2 Å². The average Bonchev–Trinajstić information content (AvgIpc) is 3.28. The summed E-state index contributed by atoms with van der Waals surface area (Å²) in [6.07, 6.45) is 2.06. The van der Waals surface area contributed by atoms with E-state index >= 15 is 0 Å². The molecular weight excluding hydrogens is 455 g/mol. The summed E-state index contributed by atoms with van der Waals surface area (Å²) in [7, 11) is -7.86. The maximum atomic E-state index is 12.9. The van der Waals surface area contributed by atoms with Crippen LogP contribution in [0.1, 0.15) is 30.5 Å². The summed E-state index contributed by atoms with van der Waals surface area (Å²) in [5, 5.41) is 0. The molecule has 1 atom stereocenters. The lowest BCUT2D eigenvalue weighted by atomic mass is 10.1. The topological polar surface area (TPSA) is 94.1 Å². The van der Waals surface area contributed by atoms with Gasteiger partial charge in [0.25, 0.3) is 0 Å². The molecule has 0 radical (unpaired) electrons. The monoisotopic (exact) mass is 478 g/mol. The van der Waals surface area contributed by atoms with Gasteiger partial charge in [-0.1, -0.05) is 47.1 Å². The largest absolute Gasteiger partial charge is 0.335 e. The van der Waals surface area contributed by atoms with Crippen molar-refractivity contribution in [3.8, 4) is 0 Å². The third kappa shape index (κ3) is 4.67. The van der Waals surface area contributed by atoms with Crippen molar-refractivity contribution in [3.05, 3.63) is 70.1 Å². The van der Waals surface area contributed by atoms with E-state index in [0.717, 1.165) is 21.7 Å². The lowest BCUT2D eigenvalue weighted by Gasteiger charge is -2.17. The second-order valence-corrected chi connectivity index (χ2v) is 12.4. The standard InChI is InChI=1S/C21H23N2O5PS2/c1-3-27-29(24,28-4-2)14-16-9-11-18(12-10-16)31(25,26)23-30-15-22-21-19-8-6-5-7-17(19)13-20(21)30/h5-13,15,23H,3-4,14H2,1-2H3. The molecule has 0 amide bonds. The fourth-order valence-corrected chi connectivity index (χ4v) is 8.40. The maximum Gasteiger partial charge on any atom is 0.335 e. The summed E-state index contributed by atoms with van der Waals surface area (Å²) >= 11 is 0. The van der Waals surface area contributed by atoms with Gasteiger partial charge in [-0.25, -0.2) is 13.4 Å². The van der Waals surface area contributed by atoms with Gasteiger partial charge in [0.1, 0.15) is 0 Å². The van der Waals surface area contributed by atoms with E-state index in [1.54, 1.807) is 31.5 Å². The minimum Gasteiger partial charge on any atom is -0.309 e. The Labute approximate surface area is 184 Å². The van der Waals surface area contributed by atoms with Crippen LogP contribution in [-0.2, 0) is 29.8 Å². The number of nitrogens with one attached hydrogen (secondary N) is 1. The van der Waals surface area contributed by atoms with Crippen LogP contribution in [0.5, 0.6) is 0 Å². The molecule has 1 aliphatic carbocycles. The molecule has 31 heavy (non-hydrogen) atoms. The number of hydrogen-bond donors (Lipinski definition) is 1. The number of sulfonamides is 1. The summed E-state index contributed by atoms with van der Waals surface area (Å²) in [6, 6.07) is 14.1. The van der Waals surface area contributed by atoms with Crippen LogP contribution < -0.4 is 4.13 Å². The molecule has 164 valence electrons. The highest BCUT2D eigenvalue weighted by atomic mass is 32.3. The molecule has 4 rings (SSSR count). The first-order chi connectivity index (χ1) is 14.8. The summed E-state index contributed by atoms with van der Waals surface area (Å²) in [5.41, 5.74) is 5.20. The highest BCUT2D eigenvalue weighted by molar-refractivity contribution is 8.24. The number of fused-ring (bicyclic) bond motifs is 3. The van der Waals surface area contributed by atoms with E-state index in [-0.39, 0.29) is 24.3 Å². The second-order valence-electron chi connectivity index (χ2n) is 6.85. The van der Waals surface area contributed by atoms with Gasteiger partial charge in [0.2, 0.25) is 10.0 Å². The van der Waals surface area contributed by atoms with Gasteiger partial charge in [0.05, 0.1) is 35.5 Å². The van der Waals surface area contributed by atoms with E-state index < -0.39 is 28.3 Å². The van der Waals surface area contributed by atoms with Crippen LogP contribution >= 0.6 is 18.3 Å². The van der Waals surface area contributed by atoms with Crippen LogP contribution in [0, 0.1) is 0 Å². The Morgan fingerprint density at radius 2 is 1.71 bits per heavy atom. The zero-order valence-corrected chi connectivity index (χ0v) is 19.7. The molecule has 1 unspecified atom stereocenters. The van der Waals surface area contributed by atoms with Crippen molar-refractivity contribution in [3.63, 3.8) is 0 Å². The molecule has 2 aromatic rings. The Bertz CT molecular complexity index is 1240. The summed E-state index contributed by atoms with van der Waals surface area (Å²) in [4.78, 5) is 5.44. The van der Waals surface area contributed by atoms with E-state index in [2.05, 4.69) is 9.12 Å². The quantitative estimate of drug-likeness (QED) is 0.422. The van der Waals surface area contributed by atoms with Gasteiger partial charge in [0, 0.05) is 10.5 Å². The normalized spacial score (nSPS) is 17.5. The zero-order valence-electron chi connectivity index (χ0n) is 17.1. The molecular formula is C21H23N2O5PS2. The van der Waals surface area contributed by atoms with Gasteiger partial charge in [-0.2, -0.15) is 4.13 Å². The number of aliphatic imine (C=N–C) groups is 1. The Morgan fingerprint density at radius 1 is 1.03 bits per heavy atom. The van der Waals surface area contributed by atoms with Gasteiger partial charge in [-0.15, -0.1) is 0 Å². The van der Waals surface area contributed by atoms with Crippen molar-refractivity contribution in [1.82, 2.24) is 4.13 Å². The minimum atomic E-state index is -3.77. The van der Waals surface area contributed by atoms with Crippen LogP contribution in [0.4, 0.5) is 0 Å². The van der Waals surface area contributed by atoms with E-state index in [9.17, 15) is 13.0 Å². The van der Waals surface area contributed by atoms with Crippen molar-refractivity contribution >= 4 is 45.6 Å². The van der Waals surface area contributed by atoms with Crippen molar-refractivity contribution in [2.45, 2.75) is 24.9 Å². The summed E-state index contributed by atoms with van der Waals surface area (Å²) in [6.45, 7) is 4.05. The van der Waals surface area contributed by atoms with E-state index in [1.165, 1.54) is 12.1 Å². The lowest BCUT2D eigenvalue weighted by Crippen LogP contribution is -2.19. The minimum absolute atomic E-state index is 0.0862. The van der Waals surface area contributed by atoms with Gasteiger partial charge in [0.15, 0.2) is 0 Å². The molecule has 2 aliphatic rings. The van der Waals surface area contributed by atoms with Crippen molar-refractivity contribution in [1.29, 1.82) is 0 Å². The third-order valence-electron chi connectivity index (χ3n) is 4.72. The molecule has 1 N–H and O–H groups in total. The van der Waals surface area contributed by atoms with Crippen LogP contribution in [-0.4, -0.2) is 32.8 Å². The van der Waals surface area contributed by atoms with E-state index in [0.29, 0.717) is 5.56 Å². The van der Waals surface area contributed by atoms with Gasteiger partial charge < -0.3 is 9.05 Å². The molecule has 0 saturated carbocycles. The molecule has 0 bridgehead atoms. The first kappa shape index (κ1) is 22.3. The third-order valence-corrected chi connectivity index (χ3v) is 10.4. The van der Waals surface area contributed by atoms with Crippen LogP contribution in [0.3, 0.4) is 0 Å². The second kappa shape index (κ2) is 8.94. The number of nitrogens with zero attached hydrogens (tertiary/aromatic N) is 1. The molecule has 0 aromatic heterocycles. The first-order valence-electron chi connectivity index (χ1n) is 9.80. The summed E-state index contributed by atoms with van der Waals surface area (Å²) in [5.74, 6) is 0. The summed E-state index contributed by atoms with van der Waals surface area (Å²) < 4.78 is 51.9. The van der Waals surface area contributed by atoms with Crippen LogP contribution in [0.15, 0.2) is 63.3 Å². The SMILES string of the molecule is CCOP(=O)(Cc1ccc(S(=O)(=O)NS2=CN=C3C2=Cc2ccccc23)cc1)OCC. The maximum absolute atomic E-state index is 12.9. The number of allylic oxidation sites excluding steroid dienone is 1. The highest BCUT2D eigenvalue weighted by Crippen LogP contribution is 2.51. The predicted molar refractivity (Wildman–Crippen MR) is 126 cm³/mol. The zero-order chi connectivity index (χ0) is 22.1. The molecule has 2 aromatic carbocycles. The predicted octanol–water partition coefficient (Wildman–Crippen LogP) is 4.53. The molecule has 7 nitrogen and oxygen atoms in total. The van der Waals surface area contributed by atoms with Gasteiger partial charge in [-0.05, 0) is 43.2 Å². The molecule has 0 fully saturated rings. The number of hydrogen-bond acceptors (Lipinski definition) is 6. The lowest BCUT2D eigenvalue weighted by molar-refractivity contribution is 0.219.